The van der Waals surface area contributed by atoms with Crippen molar-refractivity contribution in [3.63, 3.8) is 0 Å². The van der Waals surface area contributed by atoms with Gasteiger partial charge < -0.3 is 4.42 Å². The van der Waals surface area contributed by atoms with Crippen molar-refractivity contribution < 1.29 is 4.42 Å². The first-order valence-corrected chi connectivity index (χ1v) is 16.2. The molecule has 0 amide bonds. The topological polar surface area (TPSA) is 13.1 Å². The molecule has 0 saturated carbocycles. The number of hydrogen-bond donors (Lipinski definition) is 0. The van der Waals surface area contributed by atoms with Crippen LogP contribution < -0.4 is 0 Å². The molecule has 10 aromatic rings. The van der Waals surface area contributed by atoms with Crippen LogP contribution in [-0.2, 0) is 0 Å². The van der Waals surface area contributed by atoms with Gasteiger partial charge in [-0.3, -0.25) is 0 Å². The Labute approximate surface area is 271 Å². The van der Waals surface area contributed by atoms with Crippen molar-refractivity contribution in [1.29, 1.82) is 0 Å². The van der Waals surface area contributed by atoms with Gasteiger partial charge in [-0.15, -0.1) is 0 Å². The fraction of sp³-hybridized carbons (Fsp3) is 0. The van der Waals surface area contributed by atoms with Gasteiger partial charge in [-0.2, -0.15) is 0 Å². The van der Waals surface area contributed by atoms with Crippen molar-refractivity contribution in [2.24, 2.45) is 0 Å². The summed E-state index contributed by atoms with van der Waals surface area (Å²) in [5.74, 6) is 0. The lowest BCUT2D eigenvalue weighted by Gasteiger charge is -2.18. The molecule has 0 aliphatic heterocycles. The number of rotatable bonds is 3. The van der Waals surface area contributed by atoms with E-state index in [1.54, 1.807) is 0 Å². The standard InChI is InChI=1S/C46H28O/c1-2-10-35-30(9-1)19-22-33-27-32(23-25-36(33)35)29-17-20-31(21-18-29)45-38-12-3-5-14-40(38)46(41-15-6-4-13-39(41)45)34-24-26-44-42(28-34)37-11-7-8-16-43(37)47-44/h1-28H. The molecule has 1 nitrogen and oxygen atoms in total. The van der Waals surface area contributed by atoms with E-state index in [9.17, 15) is 0 Å². The van der Waals surface area contributed by atoms with E-state index in [1.165, 1.54) is 76.5 Å². The van der Waals surface area contributed by atoms with Gasteiger partial charge in [0.1, 0.15) is 11.2 Å². The number of hydrogen-bond acceptors (Lipinski definition) is 1. The van der Waals surface area contributed by atoms with E-state index < -0.39 is 0 Å². The Morgan fingerprint density at radius 3 is 1.47 bits per heavy atom. The smallest absolute Gasteiger partial charge is 0.135 e. The fourth-order valence-corrected chi connectivity index (χ4v) is 7.65. The van der Waals surface area contributed by atoms with Crippen LogP contribution in [0, 0.1) is 0 Å². The van der Waals surface area contributed by atoms with Crippen LogP contribution in [-0.4, -0.2) is 0 Å². The zero-order valence-corrected chi connectivity index (χ0v) is 25.6. The van der Waals surface area contributed by atoms with E-state index >= 15 is 0 Å². The van der Waals surface area contributed by atoms with Gasteiger partial charge in [0.05, 0.1) is 0 Å². The van der Waals surface area contributed by atoms with Gasteiger partial charge in [-0.1, -0.05) is 146 Å². The fourth-order valence-electron chi connectivity index (χ4n) is 7.65. The molecule has 0 aliphatic rings. The van der Waals surface area contributed by atoms with Crippen molar-refractivity contribution in [3.8, 4) is 33.4 Å². The summed E-state index contributed by atoms with van der Waals surface area (Å²) in [5.41, 5.74) is 9.23. The zero-order valence-electron chi connectivity index (χ0n) is 25.6. The average molecular weight is 597 g/mol. The van der Waals surface area contributed by atoms with E-state index in [4.69, 9.17) is 4.42 Å². The van der Waals surface area contributed by atoms with Gasteiger partial charge in [0.2, 0.25) is 0 Å². The van der Waals surface area contributed by atoms with E-state index in [1.807, 2.05) is 12.1 Å². The van der Waals surface area contributed by atoms with Crippen molar-refractivity contribution in [2.45, 2.75) is 0 Å². The summed E-state index contributed by atoms with van der Waals surface area (Å²) in [6.45, 7) is 0. The van der Waals surface area contributed by atoms with Gasteiger partial charge in [0.15, 0.2) is 0 Å². The number of fused-ring (bicyclic) bond motifs is 8. The lowest BCUT2D eigenvalue weighted by molar-refractivity contribution is 0.669. The van der Waals surface area contributed by atoms with Gasteiger partial charge >= 0.3 is 0 Å². The summed E-state index contributed by atoms with van der Waals surface area (Å²) >= 11 is 0. The van der Waals surface area contributed by atoms with Crippen molar-refractivity contribution in [3.05, 3.63) is 170 Å². The second-order valence-corrected chi connectivity index (χ2v) is 12.5. The molecule has 218 valence electrons. The summed E-state index contributed by atoms with van der Waals surface area (Å²) < 4.78 is 6.17. The van der Waals surface area contributed by atoms with Gasteiger partial charge in [0.25, 0.3) is 0 Å². The van der Waals surface area contributed by atoms with Crippen LogP contribution in [0.3, 0.4) is 0 Å². The Morgan fingerprint density at radius 1 is 0.255 bits per heavy atom. The minimum absolute atomic E-state index is 0.917. The van der Waals surface area contributed by atoms with Crippen molar-refractivity contribution in [2.75, 3.05) is 0 Å². The molecule has 1 aromatic heterocycles. The molecule has 1 heterocycles. The summed E-state index contributed by atoms with van der Waals surface area (Å²) in [4.78, 5) is 0. The number of para-hydroxylation sites is 1. The molecule has 47 heavy (non-hydrogen) atoms. The van der Waals surface area contributed by atoms with Crippen LogP contribution in [0.15, 0.2) is 174 Å². The second kappa shape index (κ2) is 10.2. The minimum atomic E-state index is 0.917. The van der Waals surface area contributed by atoms with Gasteiger partial charge in [-0.25, -0.2) is 0 Å². The summed E-state index contributed by atoms with van der Waals surface area (Å²) in [6.07, 6.45) is 0. The third-order valence-corrected chi connectivity index (χ3v) is 9.85. The summed E-state index contributed by atoms with van der Waals surface area (Å²) in [6, 6.07) is 61.7. The average Bonchev–Trinajstić information content (AvgIpc) is 3.51. The monoisotopic (exact) mass is 596 g/mol. The molecule has 0 unspecified atom stereocenters. The lowest BCUT2D eigenvalue weighted by Crippen LogP contribution is -1.91. The molecular weight excluding hydrogens is 569 g/mol. The molecule has 0 atom stereocenters. The highest BCUT2D eigenvalue weighted by molar-refractivity contribution is 6.22. The predicted octanol–water partition coefficient (Wildman–Crippen LogP) is 13.2. The Morgan fingerprint density at radius 2 is 0.745 bits per heavy atom. The van der Waals surface area contributed by atoms with E-state index in [2.05, 4.69) is 158 Å². The second-order valence-electron chi connectivity index (χ2n) is 12.5. The quantitative estimate of drug-likeness (QED) is 0.146. The highest BCUT2D eigenvalue weighted by atomic mass is 16.3. The molecule has 0 bridgehead atoms. The van der Waals surface area contributed by atoms with E-state index in [0.29, 0.717) is 0 Å². The summed E-state index contributed by atoms with van der Waals surface area (Å²) in [5, 5.41) is 12.4. The highest BCUT2D eigenvalue weighted by Crippen LogP contribution is 2.45. The molecular formula is C46H28O. The van der Waals surface area contributed by atoms with Crippen LogP contribution in [0.1, 0.15) is 0 Å². The number of furan rings is 1. The van der Waals surface area contributed by atoms with Crippen molar-refractivity contribution >= 4 is 65.0 Å². The Kier molecular flexibility index (Phi) is 5.64. The molecule has 1 heteroatoms. The van der Waals surface area contributed by atoms with Gasteiger partial charge in [-0.05, 0) is 101 Å². The van der Waals surface area contributed by atoms with Crippen LogP contribution in [0.5, 0.6) is 0 Å². The minimum Gasteiger partial charge on any atom is -0.456 e. The molecule has 0 radical (unpaired) electrons. The highest BCUT2D eigenvalue weighted by Gasteiger charge is 2.18. The molecule has 9 aromatic carbocycles. The SMILES string of the molecule is c1ccc2c(c1)ccc1cc(-c3ccc(-c4c5ccccc5c(-c5ccc6oc7ccccc7c6c5)c5ccccc45)cc3)ccc12. The van der Waals surface area contributed by atoms with E-state index in [0.717, 1.165) is 21.9 Å². The maximum Gasteiger partial charge on any atom is 0.135 e. The predicted molar refractivity (Wildman–Crippen MR) is 200 cm³/mol. The first-order valence-electron chi connectivity index (χ1n) is 16.2. The lowest BCUT2D eigenvalue weighted by atomic mass is 9.85. The summed E-state index contributed by atoms with van der Waals surface area (Å²) in [7, 11) is 0. The molecule has 0 saturated heterocycles. The van der Waals surface area contributed by atoms with Crippen LogP contribution in [0.25, 0.3) is 98.4 Å². The number of benzene rings is 9. The van der Waals surface area contributed by atoms with Crippen LogP contribution >= 0.6 is 0 Å². The Hall–Kier alpha value is -6.18. The third-order valence-electron chi connectivity index (χ3n) is 9.85. The maximum atomic E-state index is 6.17. The molecule has 0 N–H and O–H groups in total. The Bertz CT molecular complexity index is 2780. The zero-order chi connectivity index (χ0) is 30.9. The first kappa shape index (κ1) is 26.1. The van der Waals surface area contributed by atoms with Crippen LogP contribution in [0.2, 0.25) is 0 Å². The Balaban J connectivity index is 1.14. The maximum absolute atomic E-state index is 6.17. The van der Waals surface area contributed by atoms with E-state index in [-0.39, 0.29) is 0 Å². The third kappa shape index (κ3) is 4.03. The molecule has 0 aliphatic carbocycles. The van der Waals surface area contributed by atoms with Crippen molar-refractivity contribution in [1.82, 2.24) is 0 Å². The first-order chi connectivity index (χ1) is 23.3. The molecule has 0 spiro atoms. The van der Waals surface area contributed by atoms with Gasteiger partial charge in [0, 0.05) is 10.8 Å². The normalized spacial score (nSPS) is 11.8. The molecule has 10 rings (SSSR count). The molecule has 0 fully saturated rings. The largest absolute Gasteiger partial charge is 0.456 e. The van der Waals surface area contributed by atoms with Crippen LogP contribution in [0.4, 0.5) is 0 Å².